The number of carboxylic acid groups (broad SMARTS) is 1. The fourth-order valence-electron chi connectivity index (χ4n) is 1.13. The molecule has 6 nitrogen and oxygen atoms in total. The Hall–Kier alpha value is -2.24. The van der Waals surface area contributed by atoms with Crippen molar-refractivity contribution in [3.05, 3.63) is 30.6 Å². The Kier molecular flexibility index (Phi) is 3.71. The van der Waals surface area contributed by atoms with E-state index in [0.717, 1.165) is 0 Å². The van der Waals surface area contributed by atoms with E-state index in [-0.39, 0.29) is 12.3 Å². The first-order valence-corrected chi connectivity index (χ1v) is 4.49. The van der Waals surface area contributed by atoms with E-state index in [2.05, 4.69) is 16.6 Å². The molecule has 0 aliphatic heterocycles. The maximum atomic E-state index is 11.1. The van der Waals surface area contributed by atoms with Crippen LogP contribution in [0, 0.1) is 0 Å². The molecule has 0 aromatic carbocycles. The largest absolute Gasteiger partial charge is 0.477 e. The summed E-state index contributed by atoms with van der Waals surface area (Å²) in [6, 6.07) is 1.34. The number of rotatable bonds is 4. The monoisotopic (exact) mass is 224 g/mol. The zero-order valence-electron chi connectivity index (χ0n) is 8.77. The third kappa shape index (κ3) is 2.88. The standard InChI is InChI=1S/C10H12N2O4/c1-3-4-16-10(15)11-7-5-8(9(13)14)12(2)6-7/h3,5-6H,1,4H2,2H3,(H,11,15)(H,13,14). The first-order valence-electron chi connectivity index (χ1n) is 4.49. The van der Waals surface area contributed by atoms with Crippen LogP contribution < -0.4 is 5.32 Å². The van der Waals surface area contributed by atoms with Gasteiger partial charge in [0, 0.05) is 13.2 Å². The minimum Gasteiger partial charge on any atom is -0.477 e. The fraction of sp³-hybridized carbons (Fsp3) is 0.200. The number of carboxylic acids is 1. The van der Waals surface area contributed by atoms with Gasteiger partial charge in [0.05, 0.1) is 5.69 Å². The molecule has 0 saturated carbocycles. The molecule has 16 heavy (non-hydrogen) atoms. The van der Waals surface area contributed by atoms with Crippen LogP contribution in [0.1, 0.15) is 10.5 Å². The van der Waals surface area contributed by atoms with E-state index < -0.39 is 12.1 Å². The first-order chi connectivity index (χ1) is 7.54. The van der Waals surface area contributed by atoms with E-state index >= 15 is 0 Å². The molecule has 0 bridgehead atoms. The number of hydrogen-bond acceptors (Lipinski definition) is 3. The maximum Gasteiger partial charge on any atom is 0.411 e. The maximum absolute atomic E-state index is 11.1. The number of nitrogens with one attached hydrogen (secondary N) is 1. The molecule has 1 rings (SSSR count). The van der Waals surface area contributed by atoms with Crippen LogP contribution >= 0.6 is 0 Å². The number of anilines is 1. The van der Waals surface area contributed by atoms with Crippen LogP contribution in [0.2, 0.25) is 0 Å². The van der Waals surface area contributed by atoms with E-state index in [1.807, 2.05) is 0 Å². The lowest BCUT2D eigenvalue weighted by Gasteiger charge is -2.01. The van der Waals surface area contributed by atoms with Crippen LogP contribution in [-0.2, 0) is 11.8 Å². The number of nitrogens with zero attached hydrogens (tertiary/aromatic N) is 1. The van der Waals surface area contributed by atoms with Crippen LogP contribution in [0.25, 0.3) is 0 Å². The second-order valence-corrected chi connectivity index (χ2v) is 3.04. The van der Waals surface area contributed by atoms with Gasteiger partial charge in [-0.05, 0) is 6.07 Å². The average Bonchev–Trinajstić information content (AvgIpc) is 2.56. The van der Waals surface area contributed by atoms with Crippen LogP contribution in [0.5, 0.6) is 0 Å². The molecule has 1 heterocycles. The number of hydrogen-bond donors (Lipinski definition) is 2. The number of aromatic nitrogens is 1. The van der Waals surface area contributed by atoms with Crippen molar-refractivity contribution < 1.29 is 19.4 Å². The molecule has 1 amide bonds. The minimum absolute atomic E-state index is 0.0824. The van der Waals surface area contributed by atoms with Crippen molar-refractivity contribution in [3.63, 3.8) is 0 Å². The molecule has 1 aromatic heterocycles. The molecule has 2 N–H and O–H groups in total. The van der Waals surface area contributed by atoms with Gasteiger partial charge < -0.3 is 14.4 Å². The third-order valence-corrected chi connectivity index (χ3v) is 1.80. The van der Waals surface area contributed by atoms with Crippen LogP contribution in [0.3, 0.4) is 0 Å². The Labute approximate surface area is 92.1 Å². The van der Waals surface area contributed by atoms with E-state index in [4.69, 9.17) is 5.11 Å². The smallest absolute Gasteiger partial charge is 0.411 e. The summed E-state index contributed by atoms with van der Waals surface area (Å²) in [5.74, 6) is -1.06. The summed E-state index contributed by atoms with van der Waals surface area (Å²) in [7, 11) is 1.57. The Morgan fingerprint density at radius 2 is 2.38 bits per heavy atom. The summed E-state index contributed by atoms with van der Waals surface area (Å²) in [5, 5.41) is 11.2. The second-order valence-electron chi connectivity index (χ2n) is 3.04. The molecule has 86 valence electrons. The van der Waals surface area contributed by atoms with Gasteiger partial charge in [-0.25, -0.2) is 9.59 Å². The van der Waals surface area contributed by atoms with Crippen molar-refractivity contribution in [2.24, 2.45) is 7.05 Å². The van der Waals surface area contributed by atoms with Gasteiger partial charge in [-0.15, -0.1) is 0 Å². The summed E-state index contributed by atoms with van der Waals surface area (Å²) in [5.41, 5.74) is 0.452. The quantitative estimate of drug-likeness (QED) is 0.758. The van der Waals surface area contributed by atoms with E-state index in [9.17, 15) is 9.59 Å². The molecule has 0 radical (unpaired) electrons. The number of amides is 1. The molecule has 0 fully saturated rings. The Bertz CT molecular complexity index is 422. The highest BCUT2D eigenvalue weighted by Crippen LogP contribution is 2.12. The first kappa shape index (κ1) is 11.8. The lowest BCUT2D eigenvalue weighted by Crippen LogP contribution is -2.13. The van der Waals surface area contributed by atoms with Crippen molar-refractivity contribution in [1.82, 2.24) is 4.57 Å². The van der Waals surface area contributed by atoms with Gasteiger partial charge in [-0.3, -0.25) is 5.32 Å². The van der Waals surface area contributed by atoms with Crippen LogP contribution in [0.15, 0.2) is 24.9 Å². The number of aryl methyl sites for hydroxylation is 1. The molecule has 0 saturated heterocycles. The Balaban J connectivity index is 2.68. The third-order valence-electron chi connectivity index (χ3n) is 1.80. The number of ether oxygens (including phenoxy) is 1. The highest BCUT2D eigenvalue weighted by molar-refractivity contribution is 5.90. The predicted molar refractivity (Wildman–Crippen MR) is 57.5 cm³/mol. The van der Waals surface area contributed by atoms with Gasteiger partial charge >= 0.3 is 12.1 Å². The zero-order valence-corrected chi connectivity index (χ0v) is 8.77. The summed E-state index contributed by atoms with van der Waals surface area (Å²) < 4.78 is 6.07. The molecular weight excluding hydrogens is 212 g/mol. The molecular formula is C10H12N2O4. The molecule has 1 aromatic rings. The number of carbonyl (C=O) groups is 2. The van der Waals surface area contributed by atoms with Crippen molar-refractivity contribution in [1.29, 1.82) is 0 Å². The van der Waals surface area contributed by atoms with E-state index in [1.54, 1.807) is 7.05 Å². The highest BCUT2D eigenvalue weighted by Gasteiger charge is 2.11. The normalized spacial score (nSPS) is 9.56. The molecule has 0 unspecified atom stereocenters. The second kappa shape index (κ2) is 5.01. The highest BCUT2D eigenvalue weighted by atomic mass is 16.5. The lowest BCUT2D eigenvalue weighted by molar-refractivity contribution is 0.0686. The molecule has 0 aliphatic carbocycles. The molecule has 6 heteroatoms. The predicted octanol–water partition coefficient (Wildman–Crippen LogP) is 1.46. The van der Waals surface area contributed by atoms with Gasteiger partial charge in [0.2, 0.25) is 0 Å². The SMILES string of the molecule is C=CCOC(=O)Nc1cc(C(=O)O)n(C)c1. The fourth-order valence-corrected chi connectivity index (χ4v) is 1.13. The van der Waals surface area contributed by atoms with Crippen molar-refractivity contribution in [2.45, 2.75) is 0 Å². The Morgan fingerprint density at radius 1 is 1.69 bits per heavy atom. The van der Waals surface area contributed by atoms with Gasteiger partial charge in [0.25, 0.3) is 0 Å². The van der Waals surface area contributed by atoms with Crippen molar-refractivity contribution >= 4 is 17.7 Å². The van der Waals surface area contributed by atoms with Crippen LogP contribution in [-0.4, -0.2) is 28.3 Å². The summed E-state index contributed by atoms with van der Waals surface area (Å²) in [6.45, 7) is 3.50. The van der Waals surface area contributed by atoms with E-state index in [0.29, 0.717) is 5.69 Å². The molecule has 0 aliphatic rings. The average molecular weight is 224 g/mol. The topological polar surface area (TPSA) is 80.6 Å². The lowest BCUT2D eigenvalue weighted by atomic mass is 10.4. The number of aromatic carboxylic acids is 1. The van der Waals surface area contributed by atoms with Gasteiger partial charge in [0.1, 0.15) is 12.3 Å². The minimum atomic E-state index is -1.06. The summed E-state index contributed by atoms with van der Waals surface area (Å²) in [6.07, 6.45) is 2.27. The van der Waals surface area contributed by atoms with Crippen LogP contribution in [0.4, 0.5) is 10.5 Å². The van der Waals surface area contributed by atoms with Crippen molar-refractivity contribution in [3.8, 4) is 0 Å². The number of carbonyl (C=O) groups excluding carboxylic acids is 1. The summed E-state index contributed by atoms with van der Waals surface area (Å²) in [4.78, 5) is 21.8. The molecule has 0 atom stereocenters. The molecule has 0 spiro atoms. The summed E-state index contributed by atoms with van der Waals surface area (Å²) >= 11 is 0. The zero-order chi connectivity index (χ0) is 12.1. The van der Waals surface area contributed by atoms with E-state index in [1.165, 1.54) is 22.9 Å². The Morgan fingerprint density at radius 3 is 2.88 bits per heavy atom. The van der Waals surface area contributed by atoms with Gasteiger partial charge in [-0.1, -0.05) is 12.7 Å². The van der Waals surface area contributed by atoms with Gasteiger partial charge in [0.15, 0.2) is 0 Å². The van der Waals surface area contributed by atoms with Gasteiger partial charge in [-0.2, -0.15) is 0 Å². The van der Waals surface area contributed by atoms with Crippen molar-refractivity contribution in [2.75, 3.05) is 11.9 Å².